The molecule has 1 atom stereocenters. The van der Waals surface area contributed by atoms with Crippen molar-refractivity contribution in [3.63, 3.8) is 0 Å². The van der Waals surface area contributed by atoms with Gasteiger partial charge in [0.2, 0.25) is 11.8 Å². The average Bonchev–Trinajstić information content (AvgIpc) is 2.92. The van der Waals surface area contributed by atoms with Crippen LogP contribution in [0.25, 0.3) is 5.69 Å². The number of aromatic nitrogens is 1. The molecule has 1 aromatic heterocycles. The van der Waals surface area contributed by atoms with Crippen LogP contribution in [0.15, 0.2) is 54.6 Å². The van der Waals surface area contributed by atoms with E-state index in [1.54, 1.807) is 0 Å². The van der Waals surface area contributed by atoms with Crippen LogP contribution in [0.5, 0.6) is 11.8 Å². The van der Waals surface area contributed by atoms with Crippen LogP contribution >= 0.6 is 0 Å². The summed E-state index contributed by atoms with van der Waals surface area (Å²) < 4.78 is 7.99. The number of fused-ring (bicyclic) bond motifs is 2. The highest BCUT2D eigenvalue weighted by Crippen LogP contribution is 2.49. The lowest BCUT2D eigenvalue weighted by molar-refractivity contribution is -0.0598. The average molecular weight is 363 g/mol. The summed E-state index contributed by atoms with van der Waals surface area (Å²) in [7, 11) is 0. The van der Waals surface area contributed by atoms with Crippen molar-refractivity contribution in [3.8, 4) is 17.4 Å². The number of nitrogens with zero attached hydrogens (tertiary/aromatic N) is 1. The van der Waals surface area contributed by atoms with E-state index in [4.69, 9.17) is 4.74 Å². The van der Waals surface area contributed by atoms with E-state index in [1.807, 2.05) is 48.5 Å². The van der Waals surface area contributed by atoms with Gasteiger partial charge in [0.1, 0.15) is 6.10 Å². The molecule has 2 aromatic carbocycles. The zero-order valence-electron chi connectivity index (χ0n) is 15.9. The van der Waals surface area contributed by atoms with Gasteiger partial charge in [-0.2, -0.15) is 0 Å². The SMILES string of the molecule is CCC(C)(C)OC1c2ccccc2Cc2c1c(O)n(-c1ccccc1)c2O. The summed E-state index contributed by atoms with van der Waals surface area (Å²) in [6, 6.07) is 17.5. The van der Waals surface area contributed by atoms with Crippen molar-refractivity contribution in [2.45, 2.75) is 45.3 Å². The Morgan fingerprint density at radius 1 is 1.00 bits per heavy atom. The van der Waals surface area contributed by atoms with Crippen LogP contribution in [0.2, 0.25) is 0 Å². The van der Waals surface area contributed by atoms with E-state index in [9.17, 15) is 10.2 Å². The minimum absolute atomic E-state index is 0.0418. The molecule has 140 valence electrons. The molecule has 1 aliphatic rings. The molecule has 0 amide bonds. The zero-order valence-corrected chi connectivity index (χ0v) is 15.9. The van der Waals surface area contributed by atoms with Crippen LogP contribution in [-0.4, -0.2) is 20.4 Å². The Bertz CT molecular complexity index is 973. The van der Waals surface area contributed by atoms with Crippen molar-refractivity contribution in [2.24, 2.45) is 0 Å². The minimum atomic E-state index is -0.421. The number of ether oxygens (including phenoxy) is 1. The highest BCUT2D eigenvalue weighted by molar-refractivity contribution is 5.60. The first-order valence-corrected chi connectivity index (χ1v) is 9.39. The zero-order chi connectivity index (χ0) is 19.2. The van der Waals surface area contributed by atoms with Crippen molar-refractivity contribution >= 4 is 0 Å². The summed E-state index contributed by atoms with van der Waals surface area (Å²) in [6.07, 6.45) is 0.986. The summed E-state index contributed by atoms with van der Waals surface area (Å²) in [5.74, 6) is 0.117. The maximum atomic E-state index is 11.1. The van der Waals surface area contributed by atoms with Crippen LogP contribution in [-0.2, 0) is 11.2 Å². The molecule has 1 heterocycles. The summed E-state index contributed by atoms with van der Waals surface area (Å²) in [5, 5.41) is 22.1. The maximum Gasteiger partial charge on any atom is 0.205 e. The first-order chi connectivity index (χ1) is 12.9. The second kappa shape index (κ2) is 6.46. The van der Waals surface area contributed by atoms with E-state index in [0.717, 1.165) is 28.8 Å². The lowest BCUT2D eigenvalue weighted by atomic mass is 9.85. The van der Waals surface area contributed by atoms with Crippen molar-refractivity contribution in [2.75, 3.05) is 0 Å². The first kappa shape index (κ1) is 17.7. The molecule has 2 N–H and O–H groups in total. The predicted octanol–water partition coefficient (Wildman–Crippen LogP) is 5.09. The molecule has 0 aliphatic heterocycles. The Kier molecular flexibility index (Phi) is 4.23. The molecule has 1 aliphatic carbocycles. The molecule has 0 spiro atoms. The van der Waals surface area contributed by atoms with Gasteiger partial charge in [-0.05, 0) is 43.5 Å². The standard InChI is InChI=1S/C23H25NO3/c1-4-23(2,3)27-20-17-13-9-8-10-15(17)14-18-19(20)22(26)24(21(18)25)16-11-6-5-7-12-16/h5-13,20,25-26H,4,14H2,1-3H3. The number of hydrogen-bond acceptors (Lipinski definition) is 3. The largest absolute Gasteiger partial charge is 0.494 e. The monoisotopic (exact) mass is 363 g/mol. The molecule has 0 saturated carbocycles. The van der Waals surface area contributed by atoms with Gasteiger partial charge in [-0.3, -0.25) is 4.57 Å². The molecule has 0 radical (unpaired) electrons. The third-order valence-corrected chi connectivity index (χ3v) is 5.53. The lowest BCUT2D eigenvalue weighted by Gasteiger charge is -2.33. The van der Waals surface area contributed by atoms with Gasteiger partial charge in [0.05, 0.1) is 16.9 Å². The lowest BCUT2D eigenvalue weighted by Crippen LogP contribution is -2.28. The summed E-state index contributed by atoms with van der Waals surface area (Å²) in [5.41, 5.74) is 3.92. The molecule has 0 saturated heterocycles. The fraction of sp³-hybridized carbons (Fsp3) is 0.304. The number of rotatable bonds is 4. The number of benzene rings is 2. The minimum Gasteiger partial charge on any atom is -0.494 e. The first-order valence-electron chi connectivity index (χ1n) is 9.39. The van der Waals surface area contributed by atoms with Gasteiger partial charge in [-0.1, -0.05) is 49.4 Å². The van der Waals surface area contributed by atoms with E-state index < -0.39 is 6.10 Å². The quantitative estimate of drug-likeness (QED) is 0.679. The molecule has 0 fully saturated rings. The van der Waals surface area contributed by atoms with E-state index in [1.165, 1.54) is 4.57 Å². The highest BCUT2D eigenvalue weighted by atomic mass is 16.5. The highest BCUT2D eigenvalue weighted by Gasteiger charge is 2.37. The van der Waals surface area contributed by atoms with Crippen molar-refractivity contribution in [3.05, 3.63) is 76.9 Å². The smallest absolute Gasteiger partial charge is 0.205 e. The predicted molar refractivity (Wildman–Crippen MR) is 106 cm³/mol. The van der Waals surface area contributed by atoms with E-state index in [2.05, 4.69) is 26.8 Å². The van der Waals surface area contributed by atoms with E-state index in [0.29, 0.717) is 12.0 Å². The molecule has 4 nitrogen and oxygen atoms in total. The molecule has 4 heteroatoms. The Labute approximate surface area is 159 Å². The van der Waals surface area contributed by atoms with Crippen molar-refractivity contribution in [1.29, 1.82) is 0 Å². The van der Waals surface area contributed by atoms with E-state index >= 15 is 0 Å². The number of hydrogen-bond donors (Lipinski definition) is 2. The van der Waals surface area contributed by atoms with E-state index in [-0.39, 0.29) is 17.4 Å². The van der Waals surface area contributed by atoms with Gasteiger partial charge in [-0.25, -0.2) is 0 Å². The summed E-state index contributed by atoms with van der Waals surface area (Å²) in [6.45, 7) is 6.19. The normalized spacial score (nSPS) is 16.0. The fourth-order valence-electron chi connectivity index (χ4n) is 3.70. The van der Waals surface area contributed by atoms with Crippen LogP contribution in [0.4, 0.5) is 0 Å². The molecular weight excluding hydrogens is 338 g/mol. The molecular formula is C23H25NO3. The Balaban J connectivity index is 1.93. The summed E-state index contributed by atoms with van der Waals surface area (Å²) >= 11 is 0. The van der Waals surface area contributed by atoms with Crippen molar-refractivity contribution in [1.82, 2.24) is 4.57 Å². The Hall–Kier alpha value is -2.72. The van der Waals surface area contributed by atoms with Gasteiger partial charge in [0.15, 0.2) is 0 Å². The van der Waals surface area contributed by atoms with Crippen LogP contribution < -0.4 is 0 Å². The molecule has 0 bridgehead atoms. The molecule has 4 rings (SSSR count). The fourth-order valence-corrected chi connectivity index (χ4v) is 3.70. The third-order valence-electron chi connectivity index (χ3n) is 5.53. The van der Waals surface area contributed by atoms with Crippen LogP contribution in [0.1, 0.15) is 55.5 Å². The number of aromatic hydroxyl groups is 2. The number of para-hydroxylation sites is 1. The Morgan fingerprint density at radius 2 is 1.67 bits per heavy atom. The van der Waals surface area contributed by atoms with Gasteiger partial charge in [0.25, 0.3) is 0 Å². The van der Waals surface area contributed by atoms with Gasteiger partial charge in [0, 0.05) is 12.0 Å². The molecule has 3 aromatic rings. The molecule has 1 unspecified atom stereocenters. The second-order valence-electron chi connectivity index (χ2n) is 7.70. The Morgan fingerprint density at radius 3 is 2.37 bits per heavy atom. The van der Waals surface area contributed by atoms with Gasteiger partial charge in [-0.15, -0.1) is 0 Å². The van der Waals surface area contributed by atoms with Crippen LogP contribution in [0, 0.1) is 0 Å². The van der Waals surface area contributed by atoms with Gasteiger partial charge >= 0.3 is 0 Å². The van der Waals surface area contributed by atoms with Gasteiger partial charge < -0.3 is 14.9 Å². The second-order valence-corrected chi connectivity index (χ2v) is 7.70. The topological polar surface area (TPSA) is 54.6 Å². The van der Waals surface area contributed by atoms with Crippen LogP contribution in [0.3, 0.4) is 0 Å². The summed E-state index contributed by atoms with van der Waals surface area (Å²) in [4.78, 5) is 0. The third kappa shape index (κ3) is 2.90. The van der Waals surface area contributed by atoms with Crippen molar-refractivity contribution < 1.29 is 14.9 Å². The maximum absolute atomic E-state index is 11.1. The molecule has 27 heavy (non-hydrogen) atoms.